The number of aliphatic carboxylic acids is 1. The predicted octanol–water partition coefficient (Wildman–Crippen LogP) is 1.75. The summed E-state index contributed by atoms with van der Waals surface area (Å²) in [7, 11) is 0. The third kappa shape index (κ3) is 3.67. The maximum atomic E-state index is 12.3. The van der Waals surface area contributed by atoms with Crippen LogP contribution in [0.5, 0.6) is 0 Å². The fourth-order valence-electron chi connectivity index (χ4n) is 3.85. The Labute approximate surface area is 143 Å². The normalized spacial score (nSPS) is 29.5. The summed E-state index contributed by atoms with van der Waals surface area (Å²) in [6.45, 7) is 10.6. The number of amides is 1. The van der Waals surface area contributed by atoms with E-state index in [9.17, 15) is 19.8 Å². The van der Waals surface area contributed by atoms with Gasteiger partial charge < -0.3 is 19.8 Å². The Balaban J connectivity index is 2.08. The largest absolute Gasteiger partial charge is 0.480 e. The first-order valence-electron chi connectivity index (χ1n) is 8.61. The minimum absolute atomic E-state index is 0.101. The molecule has 0 aromatic carbocycles. The molecular formula is C17H30N2O5. The number of aliphatic hydroxyl groups is 1. The highest BCUT2D eigenvalue weighted by Gasteiger charge is 2.54. The zero-order valence-corrected chi connectivity index (χ0v) is 15.3. The van der Waals surface area contributed by atoms with Crippen LogP contribution >= 0.6 is 0 Å². The molecule has 2 heterocycles. The fraction of sp³-hybridized carbons (Fsp3) is 0.882. The first-order chi connectivity index (χ1) is 11.0. The van der Waals surface area contributed by atoms with Gasteiger partial charge in [-0.1, -0.05) is 13.8 Å². The Morgan fingerprint density at radius 1 is 1.21 bits per heavy atom. The molecule has 7 heteroatoms. The molecule has 0 aromatic heterocycles. The lowest BCUT2D eigenvalue weighted by Gasteiger charge is -2.35. The minimum Gasteiger partial charge on any atom is -0.480 e. The van der Waals surface area contributed by atoms with Gasteiger partial charge in [0.2, 0.25) is 0 Å². The standard InChI is InChI=1S/C17H30N2O5/c1-11(2)12(13(20)21)19-9-7-17(14(19)22)6-8-18(10-17)15(23)24-16(3,4)5/h11-12,14,22H,6-10H2,1-5H3,(H,20,21)/t12-,14?,17+/m0/s1. The van der Waals surface area contributed by atoms with Gasteiger partial charge in [0.05, 0.1) is 0 Å². The van der Waals surface area contributed by atoms with Crippen molar-refractivity contribution in [3.63, 3.8) is 0 Å². The van der Waals surface area contributed by atoms with Crippen LogP contribution in [0, 0.1) is 11.3 Å². The number of carbonyl (C=O) groups is 2. The molecule has 1 spiro atoms. The maximum Gasteiger partial charge on any atom is 0.410 e. The molecule has 0 aliphatic carbocycles. The summed E-state index contributed by atoms with van der Waals surface area (Å²) in [5.41, 5.74) is -1.02. The van der Waals surface area contributed by atoms with E-state index in [0.717, 1.165) is 0 Å². The van der Waals surface area contributed by atoms with Crippen molar-refractivity contribution < 1.29 is 24.5 Å². The van der Waals surface area contributed by atoms with Gasteiger partial charge in [-0.3, -0.25) is 9.69 Å². The molecule has 24 heavy (non-hydrogen) atoms. The summed E-state index contributed by atoms with van der Waals surface area (Å²) in [5.74, 6) is -1.02. The highest BCUT2D eigenvalue weighted by Crippen LogP contribution is 2.45. The van der Waals surface area contributed by atoms with E-state index >= 15 is 0 Å². The third-order valence-electron chi connectivity index (χ3n) is 5.01. The monoisotopic (exact) mass is 342 g/mol. The molecule has 2 rings (SSSR count). The van der Waals surface area contributed by atoms with Gasteiger partial charge in [0.25, 0.3) is 0 Å². The zero-order valence-electron chi connectivity index (χ0n) is 15.3. The van der Waals surface area contributed by atoms with Crippen LogP contribution in [0.25, 0.3) is 0 Å². The fourth-order valence-corrected chi connectivity index (χ4v) is 3.85. The quantitative estimate of drug-likeness (QED) is 0.812. The maximum absolute atomic E-state index is 12.3. The van der Waals surface area contributed by atoms with Gasteiger partial charge in [0.15, 0.2) is 0 Å². The van der Waals surface area contributed by atoms with Crippen molar-refractivity contribution >= 4 is 12.1 Å². The third-order valence-corrected chi connectivity index (χ3v) is 5.01. The number of ether oxygens (including phenoxy) is 1. The molecule has 1 unspecified atom stereocenters. The molecule has 2 aliphatic heterocycles. The van der Waals surface area contributed by atoms with Gasteiger partial charge in [-0.05, 0) is 39.5 Å². The molecule has 0 bridgehead atoms. The Morgan fingerprint density at radius 2 is 1.79 bits per heavy atom. The summed E-state index contributed by atoms with van der Waals surface area (Å²) < 4.78 is 5.41. The van der Waals surface area contributed by atoms with Crippen LogP contribution < -0.4 is 0 Å². The predicted molar refractivity (Wildman–Crippen MR) is 88.4 cm³/mol. The number of carbonyl (C=O) groups excluding carboxylic acids is 1. The van der Waals surface area contributed by atoms with Crippen molar-refractivity contribution in [1.82, 2.24) is 9.80 Å². The molecule has 0 saturated carbocycles. The molecule has 1 amide bonds. The molecule has 2 fully saturated rings. The Morgan fingerprint density at radius 3 is 2.29 bits per heavy atom. The Bertz CT molecular complexity index is 502. The minimum atomic E-state index is -0.914. The lowest BCUT2D eigenvalue weighted by Crippen LogP contribution is -2.51. The van der Waals surface area contributed by atoms with E-state index in [1.165, 1.54) is 0 Å². The second-order valence-corrected chi connectivity index (χ2v) is 8.40. The molecule has 2 N–H and O–H groups in total. The summed E-state index contributed by atoms with van der Waals surface area (Å²) in [5, 5.41) is 20.3. The van der Waals surface area contributed by atoms with E-state index in [2.05, 4.69) is 0 Å². The topological polar surface area (TPSA) is 90.3 Å². The second kappa shape index (κ2) is 6.52. The van der Waals surface area contributed by atoms with E-state index in [0.29, 0.717) is 32.5 Å². The lowest BCUT2D eigenvalue weighted by molar-refractivity contribution is -0.152. The van der Waals surface area contributed by atoms with Crippen molar-refractivity contribution in [3.8, 4) is 0 Å². The van der Waals surface area contributed by atoms with Gasteiger partial charge >= 0.3 is 12.1 Å². The van der Waals surface area contributed by atoms with Gasteiger partial charge in [-0.2, -0.15) is 0 Å². The van der Waals surface area contributed by atoms with Gasteiger partial charge in [-0.15, -0.1) is 0 Å². The second-order valence-electron chi connectivity index (χ2n) is 8.40. The zero-order chi connectivity index (χ0) is 18.3. The van der Waals surface area contributed by atoms with Crippen LogP contribution in [0.4, 0.5) is 4.79 Å². The van der Waals surface area contributed by atoms with Gasteiger partial charge in [0.1, 0.15) is 17.9 Å². The smallest absolute Gasteiger partial charge is 0.410 e. The molecular weight excluding hydrogens is 312 g/mol. The molecule has 0 radical (unpaired) electrons. The van der Waals surface area contributed by atoms with E-state index in [-0.39, 0.29) is 12.0 Å². The Kier molecular flexibility index (Phi) is 5.16. The average molecular weight is 342 g/mol. The number of carboxylic acid groups (broad SMARTS) is 1. The number of nitrogens with zero attached hydrogens (tertiary/aromatic N) is 2. The van der Waals surface area contributed by atoms with Crippen LogP contribution in [0.2, 0.25) is 0 Å². The Hall–Kier alpha value is -1.34. The van der Waals surface area contributed by atoms with Gasteiger partial charge in [0, 0.05) is 25.0 Å². The van der Waals surface area contributed by atoms with Crippen molar-refractivity contribution in [3.05, 3.63) is 0 Å². The van der Waals surface area contributed by atoms with Crippen LogP contribution in [0.3, 0.4) is 0 Å². The van der Waals surface area contributed by atoms with Crippen LogP contribution in [-0.2, 0) is 9.53 Å². The summed E-state index contributed by atoms with van der Waals surface area (Å²) in [6, 6.07) is -0.713. The number of aliphatic hydroxyl groups excluding tert-OH is 1. The number of hydrogen-bond acceptors (Lipinski definition) is 5. The molecule has 7 nitrogen and oxygen atoms in total. The first-order valence-corrected chi connectivity index (χ1v) is 8.61. The number of rotatable bonds is 3. The van der Waals surface area contributed by atoms with Gasteiger partial charge in [-0.25, -0.2) is 4.79 Å². The van der Waals surface area contributed by atoms with E-state index in [1.54, 1.807) is 9.80 Å². The highest BCUT2D eigenvalue weighted by molar-refractivity contribution is 5.74. The van der Waals surface area contributed by atoms with E-state index < -0.39 is 29.3 Å². The van der Waals surface area contributed by atoms with E-state index in [1.807, 2.05) is 34.6 Å². The van der Waals surface area contributed by atoms with Crippen molar-refractivity contribution in [1.29, 1.82) is 0 Å². The van der Waals surface area contributed by atoms with Crippen LogP contribution in [0.15, 0.2) is 0 Å². The highest BCUT2D eigenvalue weighted by atomic mass is 16.6. The van der Waals surface area contributed by atoms with Crippen LogP contribution in [-0.4, -0.2) is 69.6 Å². The van der Waals surface area contributed by atoms with Crippen molar-refractivity contribution in [2.75, 3.05) is 19.6 Å². The number of hydrogen-bond donors (Lipinski definition) is 2. The number of likely N-dealkylation sites (tertiary alicyclic amines) is 2. The summed E-state index contributed by atoms with van der Waals surface area (Å²) in [4.78, 5) is 27.1. The van der Waals surface area contributed by atoms with Crippen LogP contribution in [0.1, 0.15) is 47.5 Å². The molecule has 0 aromatic rings. The van der Waals surface area contributed by atoms with E-state index in [4.69, 9.17) is 4.74 Å². The van der Waals surface area contributed by atoms with Crippen molar-refractivity contribution in [2.45, 2.75) is 65.3 Å². The molecule has 2 saturated heterocycles. The first kappa shape index (κ1) is 19.0. The molecule has 138 valence electrons. The average Bonchev–Trinajstić information content (AvgIpc) is 2.97. The van der Waals surface area contributed by atoms with Crippen molar-refractivity contribution in [2.24, 2.45) is 11.3 Å². The summed E-state index contributed by atoms with van der Waals surface area (Å²) >= 11 is 0. The SMILES string of the molecule is CC(C)[C@@H](C(=O)O)N1CC[C@@]2(CCN(C(=O)OC(C)(C)C)C2)C1O. The molecule has 3 atom stereocenters. The molecule has 2 aliphatic rings. The lowest BCUT2D eigenvalue weighted by atomic mass is 9.84. The summed E-state index contributed by atoms with van der Waals surface area (Å²) in [6.07, 6.45) is 0.121. The number of carboxylic acids is 1.